The number of hydrogen-bond donors (Lipinski definition) is 2. The molecule has 3 nitrogen and oxygen atoms in total. The highest BCUT2D eigenvalue weighted by Crippen LogP contribution is 2.18. The highest BCUT2D eigenvalue weighted by molar-refractivity contribution is 5.65. The standard InChI is InChI=1S/C11H14N2O/c1-8-3-5-9(6-4-8)10-7-11(14)13(2)12-10/h3-7,11-12,14H,1-2H3. The molecule has 1 heterocycles. The number of hydrogen-bond acceptors (Lipinski definition) is 3. The highest BCUT2D eigenvalue weighted by Gasteiger charge is 2.18. The van der Waals surface area contributed by atoms with Gasteiger partial charge in [0.15, 0.2) is 0 Å². The summed E-state index contributed by atoms with van der Waals surface area (Å²) in [5.74, 6) is 0. The third-order valence-electron chi connectivity index (χ3n) is 2.37. The van der Waals surface area contributed by atoms with Gasteiger partial charge in [0.25, 0.3) is 0 Å². The zero-order chi connectivity index (χ0) is 10.1. The first-order valence-corrected chi connectivity index (χ1v) is 4.63. The number of benzene rings is 1. The van der Waals surface area contributed by atoms with Crippen molar-refractivity contribution in [2.75, 3.05) is 7.05 Å². The van der Waals surface area contributed by atoms with E-state index in [1.54, 1.807) is 11.1 Å². The van der Waals surface area contributed by atoms with Gasteiger partial charge >= 0.3 is 0 Å². The molecule has 0 spiro atoms. The van der Waals surface area contributed by atoms with E-state index in [0.717, 1.165) is 11.3 Å². The molecule has 1 aromatic rings. The maximum absolute atomic E-state index is 9.47. The minimum Gasteiger partial charge on any atom is -0.373 e. The van der Waals surface area contributed by atoms with Crippen LogP contribution in [0.25, 0.3) is 5.70 Å². The third kappa shape index (κ3) is 1.64. The molecule has 1 aliphatic heterocycles. The van der Waals surface area contributed by atoms with Crippen LogP contribution in [0.4, 0.5) is 0 Å². The Labute approximate surface area is 83.6 Å². The van der Waals surface area contributed by atoms with E-state index in [9.17, 15) is 5.11 Å². The molecule has 0 aliphatic carbocycles. The summed E-state index contributed by atoms with van der Waals surface area (Å²) in [7, 11) is 1.81. The fourth-order valence-corrected chi connectivity index (χ4v) is 1.45. The van der Waals surface area contributed by atoms with Gasteiger partial charge in [0.05, 0.1) is 5.70 Å². The summed E-state index contributed by atoms with van der Waals surface area (Å²) in [6, 6.07) is 8.20. The van der Waals surface area contributed by atoms with Crippen LogP contribution < -0.4 is 5.43 Å². The van der Waals surface area contributed by atoms with Gasteiger partial charge in [-0.1, -0.05) is 29.8 Å². The van der Waals surface area contributed by atoms with Crippen molar-refractivity contribution in [3.05, 3.63) is 41.5 Å². The van der Waals surface area contributed by atoms with Gasteiger partial charge in [-0.2, -0.15) is 5.01 Å². The molecule has 2 rings (SSSR count). The van der Waals surface area contributed by atoms with Crippen molar-refractivity contribution in [2.45, 2.75) is 13.2 Å². The molecule has 1 aromatic carbocycles. The lowest BCUT2D eigenvalue weighted by atomic mass is 10.1. The van der Waals surface area contributed by atoms with E-state index >= 15 is 0 Å². The lowest BCUT2D eigenvalue weighted by Crippen LogP contribution is -2.33. The minimum atomic E-state index is -0.536. The molecule has 3 heteroatoms. The van der Waals surface area contributed by atoms with Crippen molar-refractivity contribution < 1.29 is 5.11 Å². The van der Waals surface area contributed by atoms with Crippen molar-refractivity contribution in [1.29, 1.82) is 0 Å². The predicted octanol–water partition coefficient (Wildman–Crippen LogP) is 1.10. The van der Waals surface area contributed by atoms with Crippen LogP contribution in [0.15, 0.2) is 30.3 Å². The molecule has 2 N–H and O–H groups in total. The topological polar surface area (TPSA) is 35.5 Å². The summed E-state index contributed by atoms with van der Waals surface area (Å²) in [6.45, 7) is 2.06. The summed E-state index contributed by atoms with van der Waals surface area (Å²) in [4.78, 5) is 0. The minimum absolute atomic E-state index is 0.536. The Morgan fingerprint density at radius 3 is 2.43 bits per heavy atom. The molecule has 0 bridgehead atoms. The summed E-state index contributed by atoms with van der Waals surface area (Å²) in [6.07, 6.45) is 1.26. The van der Waals surface area contributed by atoms with Gasteiger partial charge in [-0.15, -0.1) is 0 Å². The number of likely N-dealkylation sites (N-methyl/N-ethyl adjacent to an activating group) is 1. The SMILES string of the molecule is Cc1ccc(C2=CC(O)N(C)N2)cc1. The Balaban J connectivity index is 2.25. The largest absolute Gasteiger partial charge is 0.373 e. The second-order valence-corrected chi connectivity index (χ2v) is 3.58. The lowest BCUT2D eigenvalue weighted by molar-refractivity contribution is 0.0547. The second kappa shape index (κ2) is 3.44. The average Bonchev–Trinajstić information content (AvgIpc) is 2.48. The van der Waals surface area contributed by atoms with Gasteiger partial charge in [-0.05, 0) is 18.6 Å². The summed E-state index contributed by atoms with van der Waals surface area (Å²) < 4.78 is 0. The maximum atomic E-state index is 9.47. The van der Waals surface area contributed by atoms with Crippen LogP contribution in [0.1, 0.15) is 11.1 Å². The van der Waals surface area contributed by atoms with Crippen molar-refractivity contribution in [1.82, 2.24) is 10.4 Å². The molecule has 0 aromatic heterocycles. The summed E-state index contributed by atoms with van der Waals surface area (Å²) in [5.41, 5.74) is 6.38. The van der Waals surface area contributed by atoms with Crippen LogP contribution in [0.3, 0.4) is 0 Å². The van der Waals surface area contributed by atoms with Crippen LogP contribution in [-0.4, -0.2) is 23.4 Å². The van der Waals surface area contributed by atoms with E-state index < -0.39 is 6.23 Å². The Morgan fingerprint density at radius 2 is 1.93 bits per heavy atom. The zero-order valence-electron chi connectivity index (χ0n) is 8.36. The van der Waals surface area contributed by atoms with Gasteiger partial charge in [0.2, 0.25) is 0 Å². The molecule has 74 valence electrons. The van der Waals surface area contributed by atoms with Gasteiger partial charge in [0.1, 0.15) is 6.23 Å². The van der Waals surface area contributed by atoms with Crippen LogP contribution in [0, 0.1) is 6.92 Å². The first kappa shape index (κ1) is 9.24. The molecular formula is C11H14N2O. The quantitative estimate of drug-likeness (QED) is 0.696. The van der Waals surface area contributed by atoms with Gasteiger partial charge in [-0.3, -0.25) is 0 Å². The van der Waals surface area contributed by atoms with Gasteiger partial charge in [0, 0.05) is 7.05 Å². The average molecular weight is 190 g/mol. The number of aryl methyl sites for hydroxylation is 1. The Kier molecular flexibility index (Phi) is 2.27. The Bertz CT molecular complexity index is 356. The highest BCUT2D eigenvalue weighted by atomic mass is 16.3. The molecule has 1 unspecified atom stereocenters. The van der Waals surface area contributed by atoms with Crippen molar-refractivity contribution in [2.24, 2.45) is 0 Å². The maximum Gasteiger partial charge on any atom is 0.145 e. The van der Waals surface area contributed by atoms with Crippen LogP contribution >= 0.6 is 0 Å². The fourth-order valence-electron chi connectivity index (χ4n) is 1.45. The van der Waals surface area contributed by atoms with E-state index in [1.807, 2.05) is 19.2 Å². The predicted molar refractivity (Wildman–Crippen MR) is 56.1 cm³/mol. The van der Waals surface area contributed by atoms with Gasteiger partial charge in [-0.25, -0.2) is 0 Å². The molecule has 1 atom stereocenters. The molecule has 0 saturated heterocycles. The van der Waals surface area contributed by atoms with E-state index in [0.29, 0.717) is 0 Å². The third-order valence-corrected chi connectivity index (χ3v) is 2.37. The van der Waals surface area contributed by atoms with Crippen molar-refractivity contribution >= 4 is 5.70 Å². The van der Waals surface area contributed by atoms with Crippen molar-refractivity contribution in [3.8, 4) is 0 Å². The number of hydrazine groups is 1. The Hall–Kier alpha value is -1.32. The second-order valence-electron chi connectivity index (χ2n) is 3.58. The van der Waals surface area contributed by atoms with E-state index in [1.165, 1.54) is 5.56 Å². The van der Waals surface area contributed by atoms with E-state index in [4.69, 9.17) is 0 Å². The molecule has 14 heavy (non-hydrogen) atoms. The number of aliphatic hydroxyl groups is 1. The van der Waals surface area contributed by atoms with Crippen LogP contribution in [0.2, 0.25) is 0 Å². The molecule has 0 radical (unpaired) electrons. The fraction of sp³-hybridized carbons (Fsp3) is 0.273. The first-order valence-electron chi connectivity index (χ1n) is 4.63. The number of nitrogens with zero attached hydrogens (tertiary/aromatic N) is 1. The van der Waals surface area contributed by atoms with Crippen LogP contribution in [-0.2, 0) is 0 Å². The van der Waals surface area contributed by atoms with Gasteiger partial charge < -0.3 is 10.5 Å². The smallest absolute Gasteiger partial charge is 0.145 e. The molecule has 1 aliphatic rings. The van der Waals surface area contributed by atoms with E-state index in [-0.39, 0.29) is 0 Å². The lowest BCUT2D eigenvalue weighted by Gasteiger charge is -2.14. The van der Waals surface area contributed by atoms with E-state index in [2.05, 4.69) is 24.5 Å². The van der Waals surface area contributed by atoms with Crippen LogP contribution in [0.5, 0.6) is 0 Å². The number of aliphatic hydroxyl groups excluding tert-OH is 1. The first-order chi connectivity index (χ1) is 6.66. The monoisotopic (exact) mass is 190 g/mol. The number of rotatable bonds is 1. The molecule has 0 fully saturated rings. The molecular weight excluding hydrogens is 176 g/mol. The summed E-state index contributed by atoms with van der Waals surface area (Å²) >= 11 is 0. The van der Waals surface area contributed by atoms with Crippen molar-refractivity contribution in [3.63, 3.8) is 0 Å². The number of nitrogens with one attached hydrogen (secondary N) is 1. The Morgan fingerprint density at radius 1 is 1.29 bits per heavy atom. The zero-order valence-corrected chi connectivity index (χ0v) is 8.36. The normalized spacial score (nSPS) is 21.9. The molecule has 0 amide bonds. The molecule has 0 saturated carbocycles. The summed E-state index contributed by atoms with van der Waals surface area (Å²) in [5, 5.41) is 11.1.